The number of fused-ring (bicyclic) bond motifs is 7. The van der Waals surface area contributed by atoms with E-state index in [4.69, 9.17) is 4.98 Å². The molecule has 5 heteroatoms. The second kappa shape index (κ2) is 10.5. The maximum Gasteiger partial charge on any atom is 0.0915 e. The van der Waals surface area contributed by atoms with Gasteiger partial charge in [-0.2, -0.15) is 0 Å². The highest BCUT2D eigenvalue weighted by molar-refractivity contribution is 6.18. The van der Waals surface area contributed by atoms with Crippen LogP contribution in [0.2, 0.25) is 0 Å². The van der Waals surface area contributed by atoms with E-state index in [9.17, 15) is 0 Å². The fourth-order valence-electron chi connectivity index (χ4n) is 7.25. The molecule has 10 rings (SSSR count). The lowest BCUT2D eigenvalue weighted by Crippen LogP contribution is -1.99. The Hall–Kier alpha value is -6.59. The summed E-state index contributed by atoms with van der Waals surface area (Å²) < 4.78 is 4.74. The molecule has 0 saturated heterocycles. The van der Waals surface area contributed by atoms with Gasteiger partial charge < -0.3 is 9.13 Å². The number of aromatic nitrogens is 5. The third-order valence-corrected chi connectivity index (χ3v) is 9.36. The first-order valence-corrected chi connectivity index (χ1v) is 16.1. The Morgan fingerprint density at radius 1 is 0.333 bits per heavy atom. The smallest absolute Gasteiger partial charge is 0.0915 e. The molecule has 0 unspecified atom stereocenters. The molecule has 0 spiro atoms. The van der Waals surface area contributed by atoms with E-state index in [0.29, 0.717) is 0 Å². The molecule has 0 radical (unpaired) electrons. The van der Waals surface area contributed by atoms with E-state index in [2.05, 4.69) is 134 Å². The minimum absolute atomic E-state index is 0.802. The molecule has 0 bridgehead atoms. The van der Waals surface area contributed by atoms with Gasteiger partial charge in [0, 0.05) is 39.6 Å². The van der Waals surface area contributed by atoms with Crippen LogP contribution < -0.4 is 0 Å². The average molecular weight is 614 g/mol. The van der Waals surface area contributed by atoms with Gasteiger partial charge in [-0.1, -0.05) is 66.7 Å². The minimum atomic E-state index is 0.802. The van der Waals surface area contributed by atoms with Crippen LogP contribution in [0.25, 0.3) is 88.5 Å². The fourth-order valence-corrected chi connectivity index (χ4v) is 7.25. The second-order valence-corrected chi connectivity index (χ2v) is 12.2. The third kappa shape index (κ3) is 4.08. The summed E-state index contributed by atoms with van der Waals surface area (Å²) in [5.74, 6) is 0. The molecule has 5 aromatic heterocycles. The highest BCUT2D eigenvalue weighted by Gasteiger charge is 2.18. The van der Waals surface area contributed by atoms with Crippen molar-refractivity contribution in [2.75, 3.05) is 0 Å². The van der Waals surface area contributed by atoms with Crippen molar-refractivity contribution in [2.24, 2.45) is 0 Å². The topological polar surface area (TPSA) is 48.5 Å². The number of hydrogen-bond acceptors (Lipinski definition) is 3. The molecule has 0 saturated carbocycles. The van der Waals surface area contributed by atoms with E-state index in [0.717, 1.165) is 45.2 Å². The zero-order valence-corrected chi connectivity index (χ0v) is 25.8. The molecule has 224 valence electrons. The third-order valence-electron chi connectivity index (χ3n) is 9.36. The van der Waals surface area contributed by atoms with Gasteiger partial charge in [0.2, 0.25) is 0 Å². The largest absolute Gasteiger partial charge is 0.309 e. The van der Waals surface area contributed by atoms with Crippen LogP contribution >= 0.6 is 0 Å². The highest BCUT2D eigenvalue weighted by Crippen LogP contribution is 2.39. The van der Waals surface area contributed by atoms with Crippen LogP contribution in [0.15, 0.2) is 164 Å². The van der Waals surface area contributed by atoms with Crippen molar-refractivity contribution in [1.82, 2.24) is 24.1 Å². The number of nitrogens with zero attached hydrogens (tertiary/aromatic N) is 5. The van der Waals surface area contributed by atoms with Gasteiger partial charge in [-0.25, -0.2) is 4.98 Å². The van der Waals surface area contributed by atoms with E-state index < -0.39 is 0 Å². The van der Waals surface area contributed by atoms with E-state index in [1.165, 1.54) is 43.4 Å². The zero-order valence-electron chi connectivity index (χ0n) is 25.8. The lowest BCUT2D eigenvalue weighted by Gasteiger charge is -2.13. The zero-order chi connectivity index (χ0) is 31.6. The van der Waals surface area contributed by atoms with Crippen molar-refractivity contribution in [3.8, 4) is 34.2 Å². The molecule has 0 N–H and O–H groups in total. The van der Waals surface area contributed by atoms with Crippen molar-refractivity contribution >= 4 is 54.4 Å². The maximum absolute atomic E-state index is 5.04. The summed E-state index contributed by atoms with van der Waals surface area (Å²) in [7, 11) is 0. The SMILES string of the molecule is c1ccc(-n2c3ccccc3c3cc4cc5c(cc4cc32)c2ccccc2n5-c2cc(-c3ccccn3)nc(-c3ccccn3)c2)cc1. The second-order valence-electron chi connectivity index (χ2n) is 12.2. The lowest BCUT2D eigenvalue weighted by atomic mass is 10.0. The molecule has 0 aliphatic rings. The van der Waals surface area contributed by atoms with Gasteiger partial charge in [-0.15, -0.1) is 0 Å². The fraction of sp³-hybridized carbons (Fsp3) is 0. The van der Waals surface area contributed by atoms with Gasteiger partial charge in [0.15, 0.2) is 0 Å². The molecule has 5 heterocycles. The van der Waals surface area contributed by atoms with Gasteiger partial charge in [-0.3, -0.25) is 9.97 Å². The summed E-state index contributed by atoms with van der Waals surface area (Å²) in [6.45, 7) is 0. The van der Waals surface area contributed by atoms with Gasteiger partial charge in [0.1, 0.15) is 0 Å². The van der Waals surface area contributed by atoms with Gasteiger partial charge in [0.05, 0.1) is 50.5 Å². The van der Waals surface area contributed by atoms with Crippen LogP contribution in [0.4, 0.5) is 0 Å². The van der Waals surface area contributed by atoms with Gasteiger partial charge >= 0.3 is 0 Å². The summed E-state index contributed by atoms with van der Waals surface area (Å²) in [6, 6.07) is 53.6. The Kier molecular flexibility index (Phi) is 5.81. The Labute approximate surface area is 276 Å². The molecule has 48 heavy (non-hydrogen) atoms. The Balaban J connectivity index is 1.29. The molecular weight excluding hydrogens is 587 g/mol. The van der Waals surface area contributed by atoms with Gasteiger partial charge in [0.25, 0.3) is 0 Å². The van der Waals surface area contributed by atoms with Crippen LogP contribution in [0.3, 0.4) is 0 Å². The van der Waals surface area contributed by atoms with Crippen LogP contribution in [0.1, 0.15) is 0 Å². The molecule has 0 aliphatic carbocycles. The summed E-state index contributed by atoms with van der Waals surface area (Å²) in [5, 5.41) is 7.29. The first kappa shape index (κ1) is 26.6. The Morgan fingerprint density at radius 2 is 0.812 bits per heavy atom. The molecule has 5 nitrogen and oxygen atoms in total. The predicted molar refractivity (Wildman–Crippen MR) is 197 cm³/mol. The summed E-state index contributed by atoms with van der Waals surface area (Å²) in [6.07, 6.45) is 3.62. The van der Waals surface area contributed by atoms with Crippen molar-refractivity contribution in [3.63, 3.8) is 0 Å². The van der Waals surface area contributed by atoms with E-state index >= 15 is 0 Å². The van der Waals surface area contributed by atoms with Crippen LogP contribution in [0.5, 0.6) is 0 Å². The van der Waals surface area contributed by atoms with Gasteiger partial charge in [-0.05, 0) is 95.7 Å². The number of para-hydroxylation sites is 3. The molecular formula is C43H27N5. The normalized spacial score (nSPS) is 11.8. The van der Waals surface area contributed by atoms with E-state index in [1.54, 1.807) is 0 Å². The lowest BCUT2D eigenvalue weighted by molar-refractivity contribution is 1.14. The number of benzene rings is 5. The quantitative estimate of drug-likeness (QED) is 0.198. The Bertz CT molecular complexity index is 2760. The molecule has 10 aromatic rings. The summed E-state index contributed by atoms with van der Waals surface area (Å²) >= 11 is 0. The number of hydrogen-bond donors (Lipinski definition) is 0. The van der Waals surface area contributed by atoms with Crippen LogP contribution in [-0.4, -0.2) is 24.1 Å². The van der Waals surface area contributed by atoms with Crippen molar-refractivity contribution in [3.05, 3.63) is 164 Å². The van der Waals surface area contributed by atoms with Crippen molar-refractivity contribution < 1.29 is 0 Å². The molecule has 0 atom stereocenters. The predicted octanol–water partition coefficient (Wildman–Crippen LogP) is 10.6. The standard InChI is InChI=1S/C43H27N5/c1-2-12-30(13-3-1)47-40-18-6-4-14-32(40)34-22-29-25-43-35(23-28(29)24-42(34)47)33-15-5-7-19-41(33)48(43)31-26-38(36-16-8-10-20-44-36)46-39(27-31)37-17-9-11-21-45-37/h1-27H. The van der Waals surface area contributed by atoms with Crippen molar-refractivity contribution in [1.29, 1.82) is 0 Å². The molecule has 5 aromatic carbocycles. The Morgan fingerprint density at radius 3 is 1.33 bits per heavy atom. The monoisotopic (exact) mass is 613 g/mol. The van der Waals surface area contributed by atoms with Crippen LogP contribution in [0, 0.1) is 0 Å². The molecule has 0 amide bonds. The van der Waals surface area contributed by atoms with Crippen LogP contribution in [-0.2, 0) is 0 Å². The van der Waals surface area contributed by atoms with E-state index in [-0.39, 0.29) is 0 Å². The maximum atomic E-state index is 5.04. The number of pyridine rings is 3. The van der Waals surface area contributed by atoms with Crippen molar-refractivity contribution in [2.45, 2.75) is 0 Å². The summed E-state index contributed by atoms with van der Waals surface area (Å²) in [5.41, 5.74) is 10.1. The first-order valence-electron chi connectivity index (χ1n) is 16.1. The molecule has 0 fully saturated rings. The molecule has 0 aliphatic heterocycles. The summed E-state index contributed by atoms with van der Waals surface area (Å²) in [4.78, 5) is 14.4. The minimum Gasteiger partial charge on any atom is -0.309 e. The highest BCUT2D eigenvalue weighted by atomic mass is 15.0. The van der Waals surface area contributed by atoms with E-state index in [1.807, 2.05) is 48.8 Å². The number of rotatable bonds is 4. The average Bonchev–Trinajstić information content (AvgIpc) is 3.65. The first-order chi connectivity index (χ1) is 23.8.